The molecule has 1 aliphatic rings. The number of rotatable bonds is 3. The van der Waals surface area contributed by atoms with Gasteiger partial charge in [-0.25, -0.2) is 0 Å². The van der Waals surface area contributed by atoms with E-state index in [1.165, 1.54) is 0 Å². The minimum Gasteiger partial charge on any atom is -0.396 e. The van der Waals surface area contributed by atoms with Crippen LogP contribution in [0.25, 0.3) is 0 Å². The fraction of sp³-hybridized carbons (Fsp3) is 0.889. The van der Waals surface area contributed by atoms with Gasteiger partial charge in [0.25, 0.3) is 0 Å². The van der Waals surface area contributed by atoms with Crippen molar-refractivity contribution in [2.45, 2.75) is 13.3 Å². The van der Waals surface area contributed by atoms with Gasteiger partial charge in [-0.05, 0) is 5.92 Å². The summed E-state index contributed by atoms with van der Waals surface area (Å²) >= 11 is 0. The molecule has 0 aromatic carbocycles. The lowest BCUT2D eigenvalue weighted by Gasteiger charge is -2.22. The first-order chi connectivity index (χ1) is 6.24. The van der Waals surface area contributed by atoms with E-state index < -0.39 is 0 Å². The molecular weight excluding hydrogens is 168 g/mol. The average Bonchev–Trinajstić information content (AvgIpc) is 2.32. The number of aliphatic hydroxyl groups excluding tert-OH is 1. The fourth-order valence-electron chi connectivity index (χ4n) is 1.44. The van der Waals surface area contributed by atoms with Gasteiger partial charge in [-0.2, -0.15) is 0 Å². The van der Waals surface area contributed by atoms with E-state index in [4.69, 9.17) is 5.11 Å². The van der Waals surface area contributed by atoms with Gasteiger partial charge in [-0.3, -0.25) is 4.79 Å². The molecule has 0 radical (unpaired) electrons. The molecule has 0 saturated carbocycles. The molecular formula is C9H18N2O2. The zero-order valence-electron chi connectivity index (χ0n) is 8.12. The van der Waals surface area contributed by atoms with Gasteiger partial charge in [0.05, 0.1) is 0 Å². The van der Waals surface area contributed by atoms with Crippen molar-refractivity contribution >= 4 is 5.91 Å². The first-order valence-corrected chi connectivity index (χ1v) is 4.83. The van der Waals surface area contributed by atoms with Gasteiger partial charge in [-0.1, -0.05) is 6.92 Å². The molecule has 1 rings (SSSR count). The molecule has 0 aromatic rings. The minimum atomic E-state index is 0.150. The first-order valence-electron chi connectivity index (χ1n) is 4.83. The van der Waals surface area contributed by atoms with E-state index in [2.05, 4.69) is 5.32 Å². The molecule has 13 heavy (non-hydrogen) atoms. The average molecular weight is 186 g/mol. The van der Waals surface area contributed by atoms with Crippen molar-refractivity contribution in [2.24, 2.45) is 5.92 Å². The van der Waals surface area contributed by atoms with Crippen LogP contribution in [0.3, 0.4) is 0 Å². The van der Waals surface area contributed by atoms with Crippen LogP contribution in [-0.4, -0.2) is 48.7 Å². The standard InChI is InChI=1S/C9H18N2O2/c1-8(7-12)6-11-5-4-10-3-2-9(11)13/h8,10,12H,2-7H2,1H3. The lowest BCUT2D eigenvalue weighted by atomic mass is 10.2. The van der Waals surface area contributed by atoms with Crippen LogP contribution in [0.5, 0.6) is 0 Å². The van der Waals surface area contributed by atoms with E-state index >= 15 is 0 Å². The molecule has 0 aromatic heterocycles. The molecule has 1 atom stereocenters. The second kappa shape index (κ2) is 5.19. The Bertz CT molecular complexity index is 173. The van der Waals surface area contributed by atoms with Crippen molar-refractivity contribution in [3.05, 3.63) is 0 Å². The van der Waals surface area contributed by atoms with Crippen molar-refractivity contribution in [3.63, 3.8) is 0 Å². The van der Waals surface area contributed by atoms with E-state index in [-0.39, 0.29) is 18.4 Å². The summed E-state index contributed by atoms with van der Waals surface area (Å²) in [6.07, 6.45) is 0.581. The number of aliphatic hydroxyl groups is 1. The van der Waals surface area contributed by atoms with Crippen LogP contribution in [0.2, 0.25) is 0 Å². The lowest BCUT2D eigenvalue weighted by Crippen LogP contribution is -2.36. The predicted molar refractivity (Wildman–Crippen MR) is 50.3 cm³/mol. The zero-order valence-corrected chi connectivity index (χ0v) is 8.12. The van der Waals surface area contributed by atoms with E-state index in [1.807, 2.05) is 11.8 Å². The van der Waals surface area contributed by atoms with Gasteiger partial charge in [-0.15, -0.1) is 0 Å². The zero-order chi connectivity index (χ0) is 9.68. The van der Waals surface area contributed by atoms with E-state index in [9.17, 15) is 4.79 Å². The molecule has 1 saturated heterocycles. The Balaban J connectivity index is 2.40. The van der Waals surface area contributed by atoms with Gasteiger partial charge in [0.2, 0.25) is 5.91 Å². The maximum Gasteiger partial charge on any atom is 0.223 e. The third kappa shape index (κ3) is 3.32. The van der Waals surface area contributed by atoms with Crippen LogP contribution in [-0.2, 0) is 4.79 Å². The summed E-state index contributed by atoms with van der Waals surface area (Å²) in [6, 6.07) is 0. The number of hydrogen-bond donors (Lipinski definition) is 2. The molecule has 0 aliphatic carbocycles. The smallest absolute Gasteiger partial charge is 0.223 e. The molecule has 1 amide bonds. The van der Waals surface area contributed by atoms with Gasteiger partial charge in [0.15, 0.2) is 0 Å². The SMILES string of the molecule is CC(CO)CN1CCNCCC1=O. The van der Waals surface area contributed by atoms with Crippen LogP contribution >= 0.6 is 0 Å². The number of nitrogens with one attached hydrogen (secondary N) is 1. The highest BCUT2D eigenvalue weighted by atomic mass is 16.3. The topological polar surface area (TPSA) is 52.6 Å². The van der Waals surface area contributed by atoms with E-state index in [1.54, 1.807) is 0 Å². The number of hydrogen-bond acceptors (Lipinski definition) is 3. The Hall–Kier alpha value is -0.610. The summed E-state index contributed by atoms with van der Waals surface area (Å²) in [5, 5.41) is 12.0. The summed E-state index contributed by atoms with van der Waals surface area (Å²) in [6.45, 7) is 5.19. The molecule has 0 spiro atoms. The van der Waals surface area contributed by atoms with Crippen molar-refractivity contribution in [1.82, 2.24) is 10.2 Å². The Morgan fingerprint density at radius 1 is 1.62 bits per heavy atom. The number of carbonyl (C=O) groups is 1. The molecule has 1 unspecified atom stereocenters. The first kappa shape index (κ1) is 10.5. The van der Waals surface area contributed by atoms with E-state index in [0.29, 0.717) is 13.0 Å². The summed E-state index contributed by atoms with van der Waals surface area (Å²) < 4.78 is 0. The molecule has 4 nitrogen and oxygen atoms in total. The second-order valence-corrected chi connectivity index (χ2v) is 3.63. The van der Waals surface area contributed by atoms with Crippen LogP contribution in [0.1, 0.15) is 13.3 Å². The van der Waals surface area contributed by atoms with E-state index in [0.717, 1.165) is 19.6 Å². The Morgan fingerprint density at radius 3 is 3.08 bits per heavy atom. The van der Waals surface area contributed by atoms with Crippen molar-refractivity contribution < 1.29 is 9.90 Å². The van der Waals surface area contributed by atoms with Gasteiger partial charge in [0.1, 0.15) is 0 Å². The number of amides is 1. The van der Waals surface area contributed by atoms with Crippen molar-refractivity contribution in [2.75, 3.05) is 32.8 Å². The highest BCUT2D eigenvalue weighted by Crippen LogP contribution is 2.03. The van der Waals surface area contributed by atoms with Crippen LogP contribution in [0, 0.1) is 5.92 Å². The Kier molecular flexibility index (Phi) is 4.18. The van der Waals surface area contributed by atoms with Gasteiger partial charge >= 0.3 is 0 Å². The molecule has 2 N–H and O–H groups in total. The molecule has 0 bridgehead atoms. The minimum absolute atomic E-state index is 0.150. The van der Waals surface area contributed by atoms with Crippen molar-refractivity contribution in [1.29, 1.82) is 0 Å². The summed E-state index contributed by atoms with van der Waals surface area (Å²) in [4.78, 5) is 13.3. The third-order valence-electron chi connectivity index (χ3n) is 2.27. The van der Waals surface area contributed by atoms with Crippen LogP contribution < -0.4 is 5.32 Å². The highest BCUT2D eigenvalue weighted by Gasteiger charge is 2.17. The monoisotopic (exact) mass is 186 g/mol. The van der Waals surface area contributed by atoms with Crippen LogP contribution in [0.4, 0.5) is 0 Å². The number of carbonyl (C=O) groups excluding carboxylic acids is 1. The quantitative estimate of drug-likeness (QED) is 0.621. The summed E-state index contributed by atoms with van der Waals surface area (Å²) in [7, 11) is 0. The fourth-order valence-corrected chi connectivity index (χ4v) is 1.44. The molecule has 1 aliphatic heterocycles. The summed E-state index contributed by atoms with van der Waals surface area (Å²) in [5.74, 6) is 0.382. The van der Waals surface area contributed by atoms with Crippen molar-refractivity contribution in [3.8, 4) is 0 Å². The molecule has 1 fully saturated rings. The molecule has 76 valence electrons. The summed E-state index contributed by atoms with van der Waals surface area (Å²) in [5.41, 5.74) is 0. The largest absolute Gasteiger partial charge is 0.396 e. The Labute approximate surface area is 78.9 Å². The van der Waals surface area contributed by atoms with Gasteiger partial charge in [0, 0.05) is 39.2 Å². The normalized spacial score (nSPS) is 21.4. The molecule has 4 heteroatoms. The maximum absolute atomic E-state index is 11.5. The Morgan fingerprint density at radius 2 is 2.38 bits per heavy atom. The van der Waals surface area contributed by atoms with Crippen LogP contribution in [0.15, 0.2) is 0 Å². The maximum atomic E-state index is 11.5. The predicted octanol–water partition coefficient (Wildman–Crippen LogP) is -0.563. The van der Waals surface area contributed by atoms with Gasteiger partial charge < -0.3 is 15.3 Å². The lowest BCUT2D eigenvalue weighted by molar-refractivity contribution is -0.131. The second-order valence-electron chi connectivity index (χ2n) is 3.63. The third-order valence-corrected chi connectivity index (χ3v) is 2.27. The molecule has 1 heterocycles. The number of nitrogens with zero attached hydrogens (tertiary/aromatic N) is 1. The highest BCUT2D eigenvalue weighted by molar-refractivity contribution is 5.76.